The number of aromatic carboxylic acids is 1. The molecule has 0 saturated carbocycles. The third kappa shape index (κ3) is 3.35. The SMILES string of the molecule is COc1ccc([C@@H]2SCCN2C(=O)c2ccccc2C(=O)O)cc1OC. The number of benzene rings is 2. The van der Waals surface area contributed by atoms with E-state index in [0.29, 0.717) is 18.0 Å². The van der Waals surface area contributed by atoms with Crippen LogP contribution in [0.2, 0.25) is 0 Å². The summed E-state index contributed by atoms with van der Waals surface area (Å²) >= 11 is 1.63. The molecule has 0 aliphatic carbocycles. The number of rotatable bonds is 5. The lowest BCUT2D eigenvalue weighted by atomic mass is 10.1. The van der Waals surface area contributed by atoms with Crippen LogP contribution in [0.15, 0.2) is 42.5 Å². The molecular weight excluding hydrogens is 354 g/mol. The van der Waals surface area contributed by atoms with Gasteiger partial charge in [-0.2, -0.15) is 0 Å². The molecule has 6 nitrogen and oxygen atoms in total. The molecule has 0 bridgehead atoms. The van der Waals surface area contributed by atoms with E-state index in [9.17, 15) is 14.7 Å². The first-order chi connectivity index (χ1) is 12.6. The zero-order valence-corrected chi connectivity index (χ0v) is 15.3. The lowest BCUT2D eigenvalue weighted by molar-refractivity contribution is 0.0676. The number of carboxylic acids is 1. The number of hydrogen-bond acceptors (Lipinski definition) is 5. The summed E-state index contributed by atoms with van der Waals surface area (Å²) in [5.74, 6) is 0.598. The first-order valence-electron chi connectivity index (χ1n) is 8.03. The second-order valence-corrected chi connectivity index (χ2v) is 6.87. The molecule has 26 heavy (non-hydrogen) atoms. The Morgan fingerprint density at radius 1 is 1.08 bits per heavy atom. The maximum absolute atomic E-state index is 13.0. The van der Waals surface area contributed by atoms with Crippen LogP contribution in [-0.2, 0) is 0 Å². The number of carbonyl (C=O) groups is 2. The summed E-state index contributed by atoms with van der Waals surface area (Å²) in [5, 5.41) is 9.16. The second kappa shape index (κ2) is 7.70. The number of methoxy groups -OCH3 is 2. The van der Waals surface area contributed by atoms with Crippen LogP contribution in [0, 0.1) is 0 Å². The van der Waals surface area contributed by atoms with Gasteiger partial charge in [0.1, 0.15) is 5.37 Å². The highest BCUT2D eigenvalue weighted by Gasteiger charge is 2.33. The Kier molecular flexibility index (Phi) is 5.37. The molecule has 1 amide bonds. The molecule has 1 heterocycles. The summed E-state index contributed by atoms with van der Waals surface area (Å²) in [7, 11) is 3.13. The van der Waals surface area contributed by atoms with Crippen molar-refractivity contribution in [3.8, 4) is 11.5 Å². The molecule has 0 aromatic heterocycles. The predicted molar refractivity (Wildman–Crippen MR) is 99.2 cm³/mol. The average Bonchev–Trinajstić information content (AvgIpc) is 3.16. The first kappa shape index (κ1) is 18.1. The number of ether oxygens (including phenoxy) is 2. The van der Waals surface area contributed by atoms with Gasteiger partial charge in [-0.05, 0) is 29.8 Å². The minimum absolute atomic E-state index is 0.0143. The van der Waals surface area contributed by atoms with Crippen molar-refractivity contribution in [1.82, 2.24) is 4.90 Å². The van der Waals surface area contributed by atoms with Gasteiger partial charge in [-0.15, -0.1) is 11.8 Å². The highest BCUT2D eigenvalue weighted by atomic mass is 32.2. The molecule has 0 radical (unpaired) electrons. The fourth-order valence-electron chi connectivity index (χ4n) is 2.97. The Morgan fingerprint density at radius 3 is 2.42 bits per heavy atom. The molecule has 2 aromatic carbocycles. The second-order valence-electron chi connectivity index (χ2n) is 5.69. The minimum Gasteiger partial charge on any atom is -0.493 e. The quantitative estimate of drug-likeness (QED) is 0.867. The van der Waals surface area contributed by atoms with Crippen LogP contribution >= 0.6 is 11.8 Å². The van der Waals surface area contributed by atoms with Gasteiger partial charge in [-0.1, -0.05) is 18.2 Å². The third-order valence-corrected chi connectivity index (χ3v) is 5.49. The maximum Gasteiger partial charge on any atom is 0.336 e. The Labute approximate surface area is 155 Å². The molecule has 0 unspecified atom stereocenters. The minimum atomic E-state index is -1.11. The maximum atomic E-state index is 13.0. The number of nitrogens with zero attached hydrogens (tertiary/aromatic N) is 1. The molecule has 136 valence electrons. The van der Waals surface area contributed by atoms with Crippen LogP contribution in [0.25, 0.3) is 0 Å². The van der Waals surface area contributed by atoms with Crippen molar-refractivity contribution in [3.63, 3.8) is 0 Å². The Balaban J connectivity index is 1.94. The van der Waals surface area contributed by atoms with Gasteiger partial charge in [0.2, 0.25) is 0 Å². The predicted octanol–water partition coefficient (Wildman–Crippen LogP) is 3.29. The third-order valence-electron chi connectivity index (χ3n) is 4.23. The Bertz CT molecular complexity index is 838. The van der Waals surface area contributed by atoms with Crippen LogP contribution in [-0.4, -0.2) is 48.4 Å². The molecule has 1 atom stereocenters. The monoisotopic (exact) mass is 373 g/mol. The van der Waals surface area contributed by atoms with Crippen LogP contribution in [0.1, 0.15) is 31.7 Å². The summed E-state index contributed by atoms with van der Waals surface area (Å²) in [5.41, 5.74) is 1.12. The molecule has 1 aliphatic heterocycles. The summed E-state index contributed by atoms with van der Waals surface area (Å²) in [6.45, 7) is 0.552. The van der Waals surface area contributed by atoms with E-state index in [0.717, 1.165) is 11.3 Å². The molecule has 1 aliphatic rings. The van der Waals surface area contributed by atoms with Crippen LogP contribution in [0.5, 0.6) is 11.5 Å². The summed E-state index contributed by atoms with van der Waals surface area (Å²) in [6.07, 6.45) is 0. The summed E-state index contributed by atoms with van der Waals surface area (Å²) < 4.78 is 10.6. The summed E-state index contributed by atoms with van der Waals surface area (Å²) in [4.78, 5) is 26.2. The summed E-state index contributed by atoms with van der Waals surface area (Å²) in [6, 6.07) is 11.9. The van der Waals surface area contributed by atoms with E-state index in [1.54, 1.807) is 55.1 Å². The van der Waals surface area contributed by atoms with E-state index in [2.05, 4.69) is 0 Å². The van der Waals surface area contributed by atoms with Gasteiger partial charge in [0.05, 0.1) is 25.3 Å². The highest BCUT2D eigenvalue weighted by Crippen LogP contribution is 2.41. The molecule has 3 rings (SSSR count). The molecule has 1 fully saturated rings. The Morgan fingerprint density at radius 2 is 1.77 bits per heavy atom. The number of carbonyl (C=O) groups excluding carboxylic acids is 1. The van der Waals surface area contributed by atoms with E-state index in [1.165, 1.54) is 6.07 Å². The number of carboxylic acid groups (broad SMARTS) is 1. The van der Waals surface area contributed by atoms with Crippen molar-refractivity contribution in [2.24, 2.45) is 0 Å². The largest absolute Gasteiger partial charge is 0.493 e. The van der Waals surface area contributed by atoms with Crippen molar-refractivity contribution in [2.45, 2.75) is 5.37 Å². The zero-order chi connectivity index (χ0) is 18.7. The molecule has 0 spiro atoms. The number of hydrogen-bond donors (Lipinski definition) is 1. The molecule has 1 saturated heterocycles. The lowest BCUT2D eigenvalue weighted by Crippen LogP contribution is -2.31. The molecule has 2 aromatic rings. The van der Waals surface area contributed by atoms with Crippen molar-refractivity contribution in [1.29, 1.82) is 0 Å². The van der Waals surface area contributed by atoms with Crippen LogP contribution in [0.4, 0.5) is 0 Å². The van der Waals surface area contributed by atoms with Crippen LogP contribution in [0.3, 0.4) is 0 Å². The van der Waals surface area contributed by atoms with Crippen molar-refractivity contribution in [2.75, 3.05) is 26.5 Å². The average molecular weight is 373 g/mol. The normalized spacial score (nSPS) is 16.4. The molecule has 1 N–H and O–H groups in total. The van der Waals surface area contributed by atoms with Gasteiger partial charge in [0, 0.05) is 12.3 Å². The van der Waals surface area contributed by atoms with E-state index >= 15 is 0 Å². The fraction of sp³-hybridized carbons (Fsp3) is 0.263. The van der Waals surface area contributed by atoms with Gasteiger partial charge in [-0.3, -0.25) is 4.79 Å². The van der Waals surface area contributed by atoms with Crippen molar-refractivity contribution < 1.29 is 24.2 Å². The number of amides is 1. The Hall–Kier alpha value is -2.67. The van der Waals surface area contributed by atoms with Crippen molar-refractivity contribution >= 4 is 23.6 Å². The van der Waals surface area contributed by atoms with Gasteiger partial charge in [0.25, 0.3) is 5.91 Å². The zero-order valence-electron chi connectivity index (χ0n) is 14.5. The fourth-order valence-corrected chi connectivity index (χ4v) is 4.22. The standard InChI is InChI=1S/C19H19NO5S/c1-24-15-8-7-12(11-16(15)25-2)18-20(9-10-26-18)17(21)13-5-3-4-6-14(13)19(22)23/h3-8,11,18H,9-10H2,1-2H3,(H,22,23)/t18-/m0/s1. The van der Waals surface area contributed by atoms with E-state index in [-0.39, 0.29) is 22.4 Å². The van der Waals surface area contributed by atoms with Crippen LogP contribution < -0.4 is 9.47 Å². The van der Waals surface area contributed by atoms with Gasteiger partial charge in [0.15, 0.2) is 11.5 Å². The highest BCUT2D eigenvalue weighted by molar-refractivity contribution is 7.99. The van der Waals surface area contributed by atoms with Gasteiger partial charge >= 0.3 is 5.97 Å². The van der Waals surface area contributed by atoms with Gasteiger partial charge in [-0.25, -0.2) is 4.79 Å². The molecular formula is C19H19NO5S. The first-order valence-corrected chi connectivity index (χ1v) is 9.08. The van der Waals surface area contributed by atoms with E-state index in [1.807, 2.05) is 12.1 Å². The smallest absolute Gasteiger partial charge is 0.336 e. The van der Waals surface area contributed by atoms with Gasteiger partial charge < -0.3 is 19.5 Å². The van der Waals surface area contributed by atoms with E-state index in [4.69, 9.17) is 9.47 Å². The van der Waals surface area contributed by atoms with E-state index < -0.39 is 5.97 Å². The molecule has 7 heteroatoms. The number of thioether (sulfide) groups is 1. The lowest BCUT2D eigenvalue weighted by Gasteiger charge is -2.25. The van der Waals surface area contributed by atoms with Crippen molar-refractivity contribution in [3.05, 3.63) is 59.2 Å². The topological polar surface area (TPSA) is 76.1 Å².